The van der Waals surface area contributed by atoms with Crippen LogP contribution in [-0.2, 0) is 4.79 Å². The van der Waals surface area contributed by atoms with Crippen LogP contribution in [0.4, 0.5) is 11.4 Å². The molecule has 0 aliphatic heterocycles. The van der Waals surface area contributed by atoms with Crippen LogP contribution >= 0.6 is 15.9 Å². The summed E-state index contributed by atoms with van der Waals surface area (Å²) in [4.78, 5) is 25.1. The van der Waals surface area contributed by atoms with E-state index in [1.54, 1.807) is 0 Å². The van der Waals surface area contributed by atoms with Crippen LogP contribution in [0, 0.1) is 22.0 Å². The molecule has 0 aliphatic rings. The summed E-state index contributed by atoms with van der Waals surface area (Å²) in [5.41, 5.74) is 0.192. The molecule has 21 heavy (non-hydrogen) atoms. The second-order valence-electron chi connectivity index (χ2n) is 5.25. The summed E-state index contributed by atoms with van der Waals surface area (Å²) in [5.74, 6) is -0.611. The van der Waals surface area contributed by atoms with Crippen molar-refractivity contribution in [3.05, 3.63) is 27.0 Å². The summed E-state index contributed by atoms with van der Waals surface area (Å²) in [5, 5.41) is 22.9. The number of nitro groups is 1. The summed E-state index contributed by atoms with van der Waals surface area (Å²) in [6, 6.07) is 0. The maximum absolute atomic E-state index is 11.0. The van der Waals surface area contributed by atoms with Crippen molar-refractivity contribution in [3.63, 3.8) is 0 Å². The van der Waals surface area contributed by atoms with Gasteiger partial charge in [0.25, 0.3) is 0 Å². The second-order valence-corrected chi connectivity index (χ2v) is 6.10. The summed E-state index contributed by atoms with van der Waals surface area (Å²) in [6.07, 6.45) is 3.39. The molecule has 0 bridgehead atoms. The fourth-order valence-corrected chi connectivity index (χ4v) is 2.60. The van der Waals surface area contributed by atoms with Crippen molar-refractivity contribution < 1.29 is 14.8 Å². The van der Waals surface area contributed by atoms with Crippen molar-refractivity contribution in [1.82, 2.24) is 4.98 Å². The number of halogens is 1. The smallest absolute Gasteiger partial charge is 0.311 e. The van der Waals surface area contributed by atoms with E-state index in [4.69, 9.17) is 5.11 Å². The lowest BCUT2D eigenvalue weighted by Crippen LogP contribution is -2.20. The van der Waals surface area contributed by atoms with Gasteiger partial charge in [-0.25, -0.2) is 0 Å². The third-order valence-corrected chi connectivity index (χ3v) is 3.51. The van der Waals surface area contributed by atoms with Crippen LogP contribution in [0.25, 0.3) is 0 Å². The lowest BCUT2D eigenvalue weighted by molar-refractivity contribution is -0.384. The second kappa shape index (κ2) is 7.92. The Kier molecular flexibility index (Phi) is 6.54. The number of aromatic nitrogens is 1. The number of nitrogens with zero attached hydrogens (tertiary/aromatic N) is 2. The molecule has 1 aromatic rings. The first-order valence-electron chi connectivity index (χ1n) is 6.54. The molecule has 116 valence electrons. The van der Waals surface area contributed by atoms with Crippen molar-refractivity contribution in [2.75, 3.05) is 11.9 Å². The minimum atomic E-state index is -0.870. The highest BCUT2D eigenvalue weighted by molar-refractivity contribution is 9.10. The van der Waals surface area contributed by atoms with Gasteiger partial charge in [-0.3, -0.25) is 19.9 Å². The minimum absolute atomic E-state index is 0.0294. The first-order valence-corrected chi connectivity index (χ1v) is 7.34. The summed E-state index contributed by atoms with van der Waals surface area (Å²) >= 11 is 3.22. The van der Waals surface area contributed by atoms with Crippen LogP contribution in [-0.4, -0.2) is 27.5 Å². The van der Waals surface area contributed by atoms with E-state index in [1.165, 1.54) is 12.4 Å². The third-order valence-electron chi connectivity index (χ3n) is 2.91. The molecule has 0 spiro atoms. The van der Waals surface area contributed by atoms with Crippen molar-refractivity contribution in [1.29, 1.82) is 0 Å². The zero-order valence-corrected chi connectivity index (χ0v) is 13.5. The quantitative estimate of drug-likeness (QED) is 0.544. The Hall–Kier alpha value is -1.70. The topological polar surface area (TPSA) is 105 Å². The Labute approximate surface area is 131 Å². The molecule has 0 aromatic carbocycles. The SMILES string of the molecule is CC(C)CC(CNc1c(Br)cncc1[N+](=O)[O-])CC(=O)O. The first kappa shape index (κ1) is 17.4. The van der Waals surface area contributed by atoms with Gasteiger partial charge in [-0.1, -0.05) is 13.8 Å². The molecule has 1 atom stereocenters. The number of anilines is 1. The average molecular weight is 360 g/mol. The van der Waals surface area contributed by atoms with Gasteiger partial charge in [0, 0.05) is 19.2 Å². The number of hydrogen-bond acceptors (Lipinski definition) is 5. The highest BCUT2D eigenvalue weighted by Crippen LogP contribution is 2.31. The molecular weight excluding hydrogens is 342 g/mol. The summed E-state index contributed by atoms with van der Waals surface area (Å²) < 4.78 is 0.482. The predicted octanol–water partition coefficient (Wildman–Crippen LogP) is 3.30. The number of carboxylic acid groups (broad SMARTS) is 1. The van der Waals surface area contributed by atoms with E-state index in [-0.39, 0.29) is 18.0 Å². The van der Waals surface area contributed by atoms with Gasteiger partial charge in [-0.2, -0.15) is 0 Å². The largest absolute Gasteiger partial charge is 0.481 e. The monoisotopic (exact) mass is 359 g/mol. The first-order chi connectivity index (χ1) is 9.81. The molecule has 1 aromatic heterocycles. The molecule has 1 rings (SSSR count). The highest BCUT2D eigenvalue weighted by atomic mass is 79.9. The van der Waals surface area contributed by atoms with Crippen LogP contribution in [0.5, 0.6) is 0 Å². The number of aliphatic carboxylic acids is 1. The lowest BCUT2D eigenvalue weighted by atomic mass is 9.94. The zero-order chi connectivity index (χ0) is 16.0. The number of pyridine rings is 1. The Balaban J connectivity index is 2.84. The molecule has 8 heteroatoms. The Morgan fingerprint density at radius 3 is 2.71 bits per heavy atom. The van der Waals surface area contributed by atoms with E-state index in [2.05, 4.69) is 26.2 Å². The van der Waals surface area contributed by atoms with Crippen molar-refractivity contribution in [3.8, 4) is 0 Å². The fraction of sp³-hybridized carbons (Fsp3) is 0.538. The van der Waals surface area contributed by atoms with Crippen LogP contribution in [0.15, 0.2) is 16.9 Å². The van der Waals surface area contributed by atoms with E-state index in [0.29, 0.717) is 22.6 Å². The van der Waals surface area contributed by atoms with Crippen molar-refractivity contribution >= 4 is 33.3 Å². The third kappa shape index (κ3) is 5.66. The van der Waals surface area contributed by atoms with Gasteiger partial charge >= 0.3 is 11.7 Å². The maximum atomic E-state index is 11.0. The van der Waals surface area contributed by atoms with E-state index >= 15 is 0 Å². The number of carboxylic acids is 1. The molecule has 0 amide bonds. The minimum Gasteiger partial charge on any atom is -0.481 e. The van der Waals surface area contributed by atoms with E-state index in [9.17, 15) is 14.9 Å². The number of hydrogen-bond donors (Lipinski definition) is 2. The summed E-state index contributed by atoms with van der Waals surface area (Å²) in [6.45, 7) is 4.38. The van der Waals surface area contributed by atoms with Gasteiger partial charge in [0.2, 0.25) is 0 Å². The molecule has 0 saturated heterocycles. The van der Waals surface area contributed by atoms with Crippen molar-refractivity contribution in [2.24, 2.45) is 11.8 Å². The molecule has 0 saturated carbocycles. The van der Waals surface area contributed by atoms with Crippen LogP contribution < -0.4 is 5.32 Å². The highest BCUT2D eigenvalue weighted by Gasteiger charge is 2.20. The lowest BCUT2D eigenvalue weighted by Gasteiger charge is -2.18. The van der Waals surface area contributed by atoms with Crippen molar-refractivity contribution in [2.45, 2.75) is 26.7 Å². The molecule has 2 N–H and O–H groups in total. The number of carbonyl (C=O) groups is 1. The number of rotatable bonds is 8. The normalized spacial score (nSPS) is 12.2. The molecule has 0 fully saturated rings. The molecule has 1 heterocycles. The van der Waals surface area contributed by atoms with E-state index < -0.39 is 10.9 Å². The average Bonchev–Trinajstić information content (AvgIpc) is 2.35. The molecule has 0 radical (unpaired) electrons. The Morgan fingerprint density at radius 2 is 2.19 bits per heavy atom. The standard InChI is InChI=1S/C13H18BrN3O4/c1-8(2)3-9(4-12(18)19)5-16-13-10(14)6-15-7-11(13)17(20)21/h6-9H,3-5H2,1-2H3,(H,15,16)(H,18,19). The van der Waals surface area contributed by atoms with Gasteiger partial charge in [0.15, 0.2) is 0 Å². The van der Waals surface area contributed by atoms with Gasteiger partial charge in [0.1, 0.15) is 11.9 Å². The van der Waals surface area contributed by atoms with Crippen LogP contribution in [0.1, 0.15) is 26.7 Å². The fourth-order valence-electron chi connectivity index (χ4n) is 2.14. The molecule has 0 aliphatic carbocycles. The Bertz CT molecular complexity index is 522. The molecule has 1 unspecified atom stereocenters. The molecule has 7 nitrogen and oxygen atoms in total. The Morgan fingerprint density at radius 1 is 1.52 bits per heavy atom. The van der Waals surface area contributed by atoms with Gasteiger partial charge in [-0.15, -0.1) is 0 Å². The van der Waals surface area contributed by atoms with Gasteiger partial charge in [0.05, 0.1) is 9.40 Å². The zero-order valence-electron chi connectivity index (χ0n) is 11.9. The van der Waals surface area contributed by atoms with E-state index in [0.717, 1.165) is 6.42 Å². The maximum Gasteiger partial charge on any atom is 0.311 e. The van der Waals surface area contributed by atoms with E-state index in [1.807, 2.05) is 13.8 Å². The van der Waals surface area contributed by atoms with Gasteiger partial charge < -0.3 is 10.4 Å². The number of nitrogens with one attached hydrogen (secondary N) is 1. The van der Waals surface area contributed by atoms with Crippen LogP contribution in [0.3, 0.4) is 0 Å². The van der Waals surface area contributed by atoms with Crippen LogP contribution in [0.2, 0.25) is 0 Å². The van der Waals surface area contributed by atoms with Gasteiger partial charge in [-0.05, 0) is 34.2 Å². The predicted molar refractivity (Wildman–Crippen MR) is 82.3 cm³/mol. The summed E-state index contributed by atoms with van der Waals surface area (Å²) in [7, 11) is 0. The molecular formula is C13H18BrN3O4.